The molecule has 122 valence electrons. The highest BCUT2D eigenvalue weighted by molar-refractivity contribution is 8.14. The van der Waals surface area contributed by atoms with E-state index < -0.39 is 0 Å². The molecule has 25 heavy (non-hydrogen) atoms. The minimum absolute atomic E-state index is 0.115. The molecule has 0 N–H and O–H groups in total. The number of rotatable bonds is 3. The zero-order valence-electron chi connectivity index (χ0n) is 13.5. The van der Waals surface area contributed by atoms with Crippen LogP contribution in [0.2, 0.25) is 0 Å². The van der Waals surface area contributed by atoms with Crippen molar-refractivity contribution < 1.29 is 9.21 Å². The first-order valence-corrected chi connectivity index (χ1v) is 8.63. The van der Waals surface area contributed by atoms with Gasteiger partial charge in [0.2, 0.25) is 11.0 Å². The molecule has 0 bridgehead atoms. The summed E-state index contributed by atoms with van der Waals surface area (Å²) in [6.45, 7) is 2.02. The van der Waals surface area contributed by atoms with Crippen molar-refractivity contribution in [3.8, 4) is 11.5 Å². The van der Waals surface area contributed by atoms with Gasteiger partial charge in [-0.3, -0.25) is 4.79 Å². The lowest BCUT2D eigenvalue weighted by Gasteiger charge is -2.03. The lowest BCUT2D eigenvalue weighted by atomic mass is 10.1. The summed E-state index contributed by atoms with van der Waals surface area (Å²) < 4.78 is 5.63. The minimum atomic E-state index is -0.115. The number of fused-ring (bicyclic) bond motifs is 1. The van der Waals surface area contributed by atoms with E-state index in [1.165, 1.54) is 0 Å². The summed E-state index contributed by atoms with van der Waals surface area (Å²) in [7, 11) is 0. The van der Waals surface area contributed by atoms with Crippen LogP contribution in [0.25, 0.3) is 22.2 Å². The summed E-state index contributed by atoms with van der Waals surface area (Å²) in [6, 6.07) is 21.3. The van der Waals surface area contributed by atoms with Gasteiger partial charge in [-0.2, -0.15) is 0 Å². The van der Waals surface area contributed by atoms with Crippen LogP contribution in [0.4, 0.5) is 0 Å². The number of carbonyl (C=O) groups is 1. The molecule has 0 unspecified atom stereocenters. The molecule has 0 aliphatic carbocycles. The second-order valence-corrected chi connectivity index (χ2v) is 6.58. The summed E-state index contributed by atoms with van der Waals surface area (Å²) in [5, 5.41) is 10.1. The molecule has 0 saturated heterocycles. The van der Waals surface area contributed by atoms with Gasteiger partial charge in [0.15, 0.2) is 0 Å². The Morgan fingerprint density at radius 1 is 0.920 bits per heavy atom. The van der Waals surface area contributed by atoms with Crippen LogP contribution in [0.1, 0.15) is 15.9 Å². The number of carbonyl (C=O) groups excluding carboxylic acids is 1. The number of nitrogens with zero attached hydrogens (tertiary/aromatic N) is 2. The van der Waals surface area contributed by atoms with Crippen LogP contribution in [-0.2, 0) is 0 Å². The van der Waals surface area contributed by atoms with E-state index in [1.807, 2.05) is 73.7 Å². The van der Waals surface area contributed by atoms with Gasteiger partial charge in [0, 0.05) is 22.9 Å². The van der Waals surface area contributed by atoms with Crippen molar-refractivity contribution in [2.24, 2.45) is 0 Å². The summed E-state index contributed by atoms with van der Waals surface area (Å²) in [4.78, 5) is 12.7. The van der Waals surface area contributed by atoms with Crippen molar-refractivity contribution in [3.63, 3.8) is 0 Å². The minimum Gasteiger partial charge on any atom is -0.411 e. The third-order valence-electron chi connectivity index (χ3n) is 3.89. The van der Waals surface area contributed by atoms with Crippen molar-refractivity contribution in [1.82, 2.24) is 10.2 Å². The number of aromatic nitrogens is 2. The predicted molar refractivity (Wildman–Crippen MR) is 98.6 cm³/mol. The first kappa shape index (κ1) is 15.6. The molecule has 5 heteroatoms. The van der Waals surface area contributed by atoms with Crippen LogP contribution >= 0.6 is 11.8 Å². The van der Waals surface area contributed by atoms with Gasteiger partial charge in [0.25, 0.3) is 5.22 Å². The van der Waals surface area contributed by atoms with E-state index in [-0.39, 0.29) is 10.3 Å². The summed E-state index contributed by atoms with van der Waals surface area (Å²) >= 11 is 0.951. The topological polar surface area (TPSA) is 56.0 Å². The maximum absolute atomic E-state index is 12.7. The highest BCUT2D eigenvalue weighted by atomic mass is 32.2. The van der Waals surface area contributed by atoms with Gasteiger partial charge in [0.1, 0.15) is 0 Å². The average Bonchev–Trinajstić information content (AvgIpc) is 3.10. The Balaban J connectivity index is 1.60. The van der Waals surface area contributed by atoms with Crippen molar-refractivity contribution >= 4 is 27.6 Å². The van der Waals surface area contributed by atoms with E-state index in [2.05, 4.69) is 10.2 Å². The monoisotopic (exact) mass is 346 g/mol. The first-order valence-electron chi connectivity index (χ1n) is 7.81. The third kappa shape index (κ3) is 3.19. The van der Waals surface area contributed by atoms with Crippen LogP contribution in [0.15, 0.2) is 76.4 Å². The van der Waals surface area contributed by atoms with E-state index in [9.17, 15) is 4.79 Å². The van der Waals surface area contributed by atoms with Crippen molar-refractivity contribution in [1.29, 1.82) is 0 Å². The number of hydrogen-bond acceptors (Lipinski definition) is 5. The second kappa shape index (κ2) is 6.53. The fourth-order valence-electron chi connectivity index (χ4n) is 2.60. The third-order valence-corrected chi connectivity index (χ3v) is 4.64. The highest BCUT2D eigenvalue weighted by Crippen LogP contribution is 2.28. The van der Waals surface area contributed by atoms with E-state index in [0.29, 0.717) is 11.5 Å². The Hall–Kier alpha value is -2.92. The van der Waals surface area contributed by atoms with Crippen LogP contribution in [0.5, 0.6) is 0 Å². The smallest absolute Gasteiger partial charge is 0.284 e. The van der Waals surface area contributed by atoms with E-state index in [4.69, 9.17) is 4.42 Å². The zero-order valence-corrected chi connectivity index (χ0v) is 14.3. The molecular weight excluding hydrogens is 332 g/mol. The standard InChI is InChI=1S/C20H14N2O2S/c1-13-9-11-15(12-10-13)18-21-22-20(24-18)25-19(23)17-8-4-6-14-5-2-3-7-16(14)17/h2-12H,1H3. The molecule has 0 aliphatic heterocycles. The lowest BCUT2D eigenvalue weighted by molar-refractivity contribution is 0.108. The predicted octanol–water partition coefficient (Wildman–Crippen LogP) is 5.13. The molecule has 1 aromatic heterocycles. The van der Waals surface area contributed by atoms with Gasteiger partial charge in [-0.15, -0.1) is 10.2 Å². The Bertz CT molecular complexity index is 1050. The van der Waals surface area contributed by atoms with Gasteiger partial charge in [-0.25, -0.2) is 0 Å². The molecule has 1 heterocycles. The van der Waals surface area contributed by atoms with Crippen LogP contribution < -0.4 is 0 Å². The molecule has 0 saturated carbocycles. The van der Waals surface area contributed by atoms with Crippen molar-refractivity contribution in [3.05, 3.63) is 77.9 Å². The summed E-state index contributed by atoms with van der Waals surface area (Å²) in [6.07, 6.45) is 0. The van der Waals surface area contributed by atoms with Crippen molar-refractivity contribution in [2.75, 3.05) is 0 Å². The molecule has 4 nitrogen and oxygen atoms in total. The van der Waals surface area contributed by atoms with E-state index >= 15 is 0 Å². The number of aryl methyl sites for hydroxylation is 1. The first-order chi connectivity index (χ1) is 12.2. The van der Waals surface area contributed by atoms with Gasteiger partial charge >= 0.3 is 0 Å². The Morgan fingerprint density at radius 2 is 1.68 bits per heavy atom. The van der Waals surface area contributed by atoms with Gasteiger partial charge in [-0.1, -0.05) is 54.1 Å². The lowest BCUT2D eigenvalue weighted by Crippen LogP contribution is -1.94. The molecule has 4 aromatic rings. The molecule has 0 fully saturated rings. The second-order valence-electron chi connectivity index (χ2n) is 5.66. The molecule has 0 atom stereocenters. The summed E-state index contributed by atoms with van der Waals surface area (Å²) in [5.41, 5.74) is 2.63. The molecule has 0 aliphatic rings. The molecule has 0 radical (unpaired) electrons. The Morgan fingerprint density at radius 3 is 2.52 bits per heavy atom. The molecule has 4 rings (SSSR count). The maximum atomic E-state index is 12.7. The molecular formula is C20H14N2O2S. The normalized spacial score (nSPS) is 10.9. The van der Waals surface area contributed by atoms with E-state index in [1.54, 1.807) is 0 Å². The van der Waals surface area contributed by atoms with E-state index in [0.717, 1.165) is 33.7 Å². The number of thioether (sulfide) groups is 1. The molecule has 3 aromatic carbocycles. The number of benzene rings is 3. The van der Waals surface area contributed by atoms with Gasteiger partial charge < -0.3 is 4.42 Å². The Labute approximate surface area is 148 Å². The molecule has 0 amide bonds. The van der Waals surface area contributed by atoms with Crippen molar-refractivity contribution in [2.45, 2.75) is 12.1 Å². The van der Waals surface area contributed by atoms with Crippen LogP contribution in [0, 0.1) is 6.92 Å². The van der Waals surface area contributed by atoms with Crippen LogP contribution in [0.3, 0.4) is 0 Å². The summed E-state index contributed by atoms with van der Waals surface area (Å²) in [5.74, 6) is 0.410. The zero-order chi connectivity index (χ0) is 17.2. The highest BCUT2D eigenvalue weighted by Gasteiger charge is 2.16. The quantitative estimate of drug-likeness (QED) is 0.481. The van der Waals surface area contributed by atoms with Crippen LogP contribution in [-0.4, -0.2) is 15.3 Å². The number of hydrogen-bond donors (Lipinski definition) is 0. The fraction of sp³-hybridized carbons (Fsp3) is 0.0500. The molecule has 0 spiro atoms. The fourth-order valence-corrected chi connectivity index (χ4v) is 3.25. The SMILES string of the molecule is Cc1ccc(-c2nnc(SC(=O)c3cccc4ccccc34)o2)cc1. The maximum Gasteiger partial charge on any atom is 0.284 e. The average molecular weight is 346 g/mol. The van der Waals surface area contributed by atoms with Gasteiger partial charge in [-0.05, 0) is 35.9 Å². The largest absolute Gasteiger partial charge is 0.411 e. The Kier molecular flexibility index (Phi) is 4.07. The van der Waals surface area contributed by atoms with Gasteiger partial charge in [0.05, 0.1) is 0 Å².